The van der Waals surface area contributed by atoms with Crippen molar-refractivity contribution in [1.82, 2.24) is 15.0 Å². The van der Waals surface area contributed by atoms with E-state index in [0.29, 0.717) is 47.7 Å². The van der Waals surface area contributed by atoms with Gasteiger partial charge in [-0.15, -0.1) is 5.10 Å². The number of ether oxygens (including phenoxy) is 3. The second-order valence-electron chi connectivity index (χ2n) is 7.49. The van der Waals surface area contributed by atoms with Gasteiger partial charge in [-0.25, -0.2) is 4.68 Å². The molecular weight excluding hydrogens is 374 g/mol. The first-order valence-corrected chi connectivity index (χ1v) is 9.89. The highest BCUT2D eigenvalue weighted by Crippen LogP contribution is 2.39. The minimum Gasteiger partial charge on any atom is -0.487 e. The molecule has 1 aliphatic carbocycles. The monoisotopic (exact) mass is 395 g/mol. The van der Waals surface area contributed by atoms with Crippen molar-refractivity contribution < 1.29 is 23.8 Å². The molecule has 1 aromatic heterocycles. The summed E-state index contributed by atoms with van der Waals surface area (Å²) in [6.07, 6.45) is 4.83. The average molecular weight is 395 g/mol. The number of hydrogen-bond donors (Lipinski definition) is 0. The van der Waals surface area contributed by atoms with E-state index in [1.165, 1.54) is 0 Å². The van der Waals surface area contributed by atoms with Gasteiger partial charge in [-0.05, 0) is 19.3 Å². The number of ketones is 2. The summed E-state index contributed by atoms with van der Waals surface area (Å²) in [5.41, 5.74) is 2.26. The summed E-state index contributed by atoms with van der Waals surface area (Å²) < 4.78 is 19.0. The van der Waals surface area contributed by atoms with Crippen LogP contribution in [-0.2, 0) is 32.2 Å². The van der Waals surface area contributed by atoms with Gasteiger partial charge in [0.15, 0.2) is 6.29 Å². The summed E-state index contributed by atoms with van der Waals surface area (Å²) in [4.78, 5) is 24.8. The maximum absolute atomic E-state index is 12.5. The number of benzene rings is 1. The molecule has 0 bridgehead atoms. The van der Waals surface area contributed by atoms with E-state index in [0.717, 1.165) is 25.9 Å². The molecule has 1 aromatic carbocycles. The molecule has 5 rings (SSSR count). The minimum atomic E-state index is -0.471. The van der Waals surface area contributed by atoms with Crippen molar-refractivity contribution in [2.45, 2.75) is 51.2 Å². The van der Waals surface area contributed by atoms with Crippen LogP contribution in [0.2, 0.25) is 0 Å². The summed E-state index contributed by atoms with van der Waals surface area (Å²) in [5, 5.41) is 8.27. The van der Waals surface area contributed by atoms with Crippen LogP contribution in [0.25, 0.3) is 5.76 Å². The first-order valence-electron chi connectivity index (χ1n) is 9.89. The number of rotatable bonds is 5. The van der Waals surface area contributed by atoms with Crippen LogP contribution in [0.15, 0.2) is 36.0 Å². The zero-order chi connectivity index (χ0) is 19.8. The number of aromatic nitrogens is 3. The number of fused-ring (bicyclic) bond motifs is 2. The van der Waals surface area contributed by atoms with Crippen LogP contribution < -0.4 is 0 Å². The Bertz CT molecular complexity index is 990. The van der Waals surface area contributed by atoms with Crippen molar-refractivity contribution in [2.75, 3.05) is 6.61 Å². The second-order valence-corrected chi connectivity index (χ2v) is 7.49. The summed E-state index contributed by atoms with van der Waals surface area (Å²) >= 11 is 0. The molecule has 3 aliphatic rings. The molecule has 2 aliphatic heterocycles. The Balaban J connectivity index is 1.23. The van der Waals surface area contributed by atoms with Crippen LogP contribution in [0.3, 0.4) is 0 Å². The highest BCUT2D eigenvalue weighted by molar-refractivity contribution is 6.52. The standard InChI is InChI=1S/C21H21N3O5/c25-19-15-5-1-2-6-16(15)21-17(20(19)26)9-14(29-21)11-24-10-13(22-23-24)12-28-18-7-3-4-8-27-18/h1-2,5-6,10,14,18H,3-4,7-9,11-12H2. The van der Waals surface area contributed by atoms with E-state index in [2.05, 4.69) is 10.3 Å². The Kier molecular flexibility index (Phi) is 4.73. The molecule has 3 heterocycles. The van der Waals surface area contributed by atoms with Gasteiger partial charge >= 0.3 is 0 Å². The molecule has 8 heteroatoms. The first-order chi connectivity index (χ1) is 14.2. The van der Waals surface area contributed by atoms with Crippen LogP contribution in [0, 0.1) is 0 Å². The lowest BCUT2D eigenvalue weighted by molar-refractivity contribution is -0.169. The van der Waals surface area contributed by atoms with Crippen molar-refractivity contribution in [2.24, 2.45) is 0 Å². The molecule has 0 saturated carbocycles. The molecule has 1 fully saturated rings. The summed E-state index contributed by atoms with van der Waals surface area (Å²) in [7, 11) is 0. The average Bonchev–Trinajstić information content (AvgIpc) is 3.39. The molecule has 150 valence electrons. The third kappa shape index (κ3) is 3.49. The maximum Gasteiger partial charge on any atom is 0.234 e. The lowest BCUT2D eigenvalue weighted by Crippen LogP contribution is -2.22. The van der Waals surface area contributed by atoms with E-state index >= 15 is 0 Å². The Morgan fingerprint density at radius 3 is 2.83 bits per heavy atom. The van der Waals surface area contributed by atoms with E-state index < -0.39 is 11.6 Å². The maximum atomic E-state index is 12.5. The predicted octanol–water partition coefficient (Wildman–Crippen LogP) is 2.29. The lowest BCUT2D eigenvalue weighted by Gasteiger charge is -2.22. The Morgan fingerprint density at radius 2 is 2.00 bits per heavy atom. The molecule has 29 heavy (non-hydrogen) atoms. The van der Waals surface area contributed by atoms with E-state index in [1.807, 2.05) is 18.3 Å². The van der Waals surface area contributed by atoms with Gasteiger partial charge in [0.05, 0.1) is 24.9 Å². The molecule has 0 spiro atoms. The quantitative estimate of drug-likeness (QED) is 0.717. The van der Waals surface area contributed by atoms with Crippen molar-refractivity contribution in [3.05, 3.63) is 52.9 Å². The summed E-state index contributed by atoms with van der Waals surface area (Å²) in [6, 6.07) is 7.06. The number of hydrogen-bond acceptors (Lipinski definition) is 7. The zero-order valence-corrected chi connectivity index (χ0v) is 15.9. The highest BCUT2D eigenvalue weighted by Gasteiger charge is 2.40. The van der Waals surface area contributed by atoms with Gasteiger partial charge in [0.1, 0.15) is 17.6 Å². The highest BCUT2D eigenvalue weighted by atomic mass is 16.7. The molecular formula is C21H21N3O5. The fourth-order valence-corrected chi connectivity index (χ4v) is 3.99. The molecule has 2 aromatic rings. The van der Waals surface area contributed by atoms with Gasteiger partial charge < -0.3 is 14.2 Å². The lowest BCUT2D eigenvalue weighted by atomic mass is 9.88. The van der Waals surface area contributed by atoms with E-state index in [-0.39, 0.29) is 12.4 Å². The first kappa shape index (κ1) is 18.2. The Labute approximate surface area is 167 Å². The molecule has 8 nitrogen and oxygen atoms in total. The van der Waals surface area contributed by atoms with Crippen molar-refractivity contribution >= 4 is 17.3 Å². The van der Waals surface area contributed by atoms with E-state index in [4.69, 9.17) is 14.2 Å². The van der Waals surface area contributed by atoms with Gasteiger partial charge in [-0.2, -0.15) is 0 Å². The van der Waals surface area contributed by atoms with Crippen molar-refractivity contribution in [1.29, 1.82) is 0 Å². The SMILES string of the molecule is O=C1C(=O)c2ccccc2C2=C1CC(Cn1cc(COC3CCCCO3)nn1)O2. The van der Waals surface area contributed by atoms with Crippen LogP contribution in [0.4, 0.5) is 0 Å². The van der Waals surface area contributed by atoms with Crippen molar-refractivity contribution in [3.8, 4) is 0 Å². The van der Waals surface area contributed by atoms with Gasteiger partial charge in [-0.3, -0.25) is 9.59 Å². The number of nitrogens with zero attached hydrogens (tertiary/aromatic N) is 3. The summed E-state index contributed by atoms with van der Waals surface area (Å²) in [5.74, 6) is -0.414. The molecule has 1 saturated heterocycles. The van der Waals surface area contributed by atoms with Gasteiger partial charge in [-0.1, -0.05) is 29.5 Å². The van der Waals surface area contributed by atoms with E-state index in [9.17, 15) is 9.59 Å². The predicted molar refractivity (Wildman–Crippen MR) is 101 cm³/mol. The Morgan fingerprint density at radius 1 is 1.14 bits per heavy atom. The number of carbonyl (C=O) groups is 2. The largest absolute Gasteiger partial charge is 0.487 e. The Hall–Kier alpha value is -2.84. The van der Waals surface area contributed by atoms with Gasteiger partial charge in [0.25, 0.3) is 0 Å². The topological polar surface area (TPSA) is 92.5 Å². The van der Waals surface area contributed by atoms with Gasteiger partial charge in [0, 0.05) is 24.2 Å². The van der Waals surface area contributed by atoms with Crippen molar-refractivity contribution in [3.63, 3.8) is 0 Å². The van der Waals surface area contributed by atoms with Crippen LogP contribution in [-0.4, -0.2) is 45.6 Å². The van der Waals surface area contributed by atoms with E-state index in [1.54, 1.807) is 16.8 Å². The number of Topliss-reactive ketones (excluding diaryl/α,β-unsaturated/α-hetero) is 2. The summed E-state index contributed by atoms with van der Waals surface area (Å²) in [6.45, 7) is 1.51. The van der Waals surface area contributed by atoms with Crippen LogP contribution >= 0.6 is 0 Å². The molecule has 2 unspecified atom stereocenters. The van der Waals surface area contributed by atoms with Gasteiger partial charge in [0.2, 0.25) is 11.6 Å². The molecule has 0 N–H and O–H groups in total. The minimum absolute atomic E-state index is 0.174. The van der Waals surface area contributed by atoms with Crippen LogP contribution in [0.5, 0.6) is 0 Å². The molecule has 0 radical (unpaired) electrons. The molecule has 0 amide bonds. The normalized spacial score (nSPS) is 23.7. The smallest absolute Gasteiger partial charge is 0.234 e. The van der Waals surface area contributed by atoms with Crippen LogP contribution in [0.1, 0.15) is 47.3 Å². The second kappa shape index (κ2) is 7.53. The molecule has 2 atom stereocenters. The zero-order valence-electron chi connectivity index (χ0n) is 15.9. The third-order valence-corrected chi connectivity index (χ3v) is 5.42. The fourth-order valence-electron chi connectivity index (χ4n) is 3.99. The third-order valence-electron chi connectivity index (χ3n) is 5.42. The fraction of sp³-hybridized carbons (Fsp3) is 0.429. The number of carbonyl (C=O) groups excluding carboxylic acids is 2.